The zero-order chi connectivity index (χ0) is 6.85. The molecule has 52 valence electrons. The van der Waals surface area contributed by atoms with Crippen molar-refractivity contribution in [1.29, 1.82) is 0 Å². The van der Waals surface area contributed by atoms with Crippen LogP contribution in [0.2, 0.25) is 0 Å². The average Bonchev–Trinajstić information content (AvgIpc) is 2.13. The highest BCUT2D eigenvalue weighted by Crippen LogP contribution is 2.09. The van der Waals surface area contributed by atoms with Gasteiger partial charge in [-0.05, 0) is 6.92 Å². The Kier molecular flexibility index (Phi) is 1.73. The predicted molar refractivity (Wildman–Crippen MR) is 35.2 cm³/mol. The van der Waals surface area contributed by atoms with Crippen molar-refractivity contribution in [2.45, 2.75) is 6.92 Å². The number of allylic oxidation sites excluding steroid dienone is 1. The Bertz CT molecular complexity index is 124. The van der Waals surface area contributed by atoms with Crippen molar-refractivity contribution in [2.24, 2.45) is 0 Å². The van der Waals surface area contributed by atoms with Crippen LogP contribution in [0.1, 0.15) is 6.92 Å². The van der Waals surface area contributed by atoms with Gasteiger partial charge in [0.15, 0.2) is 0 Å². The molecule has 0 radical (unpaired) electrons. The van der Waals surface area contributed by atoms with E-state index in [1.54, 1.807) is 0 Å². The molecule has 1 fully saturated rings. The fourth-order valence-corrected chi connectivity index (χ4v) is 0.829. The summed E-state index contributed by atoms with van der Waals surface area (Å²) in [6.45, 7) is 7.07. The van der Waals surface area contributed by atoms with E-state index in [9.17, 15) is 0 Å². The summed E-state index contributed by atoms with van der Waals surface area (Å²) in [5, 5.41) is 3.97. The Morgan fingerprint density at radius 2 is 2.22 bits per heavy atom. The minimum absolute atomic E-state index is 0.645. The molecule has 1 aliphatic heterocycles. The maximum atomic E-state index is 5.12. The van der Waals surface area contributed by atoms with Gasteiger partial charge in [-0.2, -0.15) is 5.01 Å². The number of hydrazine groups is 1. The topological polar surface area (TPSA) is 15.7 Å². The Morgan fingerprint density at radius 1 is 1.56 bits per heavy atom. The Morgan fingerprint density at radius 3 is 2.44 bits per heavy atom. The first kappa shape index (κ1) is 6.58. The molecule has 0 atom stereocenters. The van der Waals surface area contributed by atoms with E-state index >= 15 is 0 Å². The summed E-state index contributed by atoms with van der Waals surface area (Å²) < 4.78 is 5.12. The summed E-state index contributed by atoms with van der Waals surface area (Å²) in [6, 6.07) is 0. The standard InChI is InChI=1S/C6H12N2O/c1-6(2)8-5-9-4-7(8)3/h1,4-5H2,2-3H3. The Labute approximate surface area is 55.5 Å². The molecule has 0 unspecified atom stereocenters. The second kappa shape index (κ2) is 2.37. The van der Waals surface area contributed by atoms with E-state index in [4.69, 9.17) is 4.74 Å². The quantitative estimate of drug-likeness (QED) is 0.514. The summed E-state index contributed by atoms with van der Waals surface area (Å²) in [4.78, 5) is 0. The fourth-order valence-electron chi connectivity index (χ4n) is 0.829. The van der Waals surface area contributed by atoms with Crippen molar-refractivity contribution in [3.8, 4) is 0 Å². The van der Waals surface area contributed by atoms with Gasteiger partial charge < -0.3 is 4.74 Å². The SMILES string of the molecule is C=C(C)N1COCN1C. The van der Waals surface area contributed by atoms with Gasteiger partial charge in [0.05, 0.1) is 0 Å². The average molecular weight is 128 g/mol. The molecule has 1 saturated heterocycles. The number of nitrogens with zero attached hydrogens (tertiary/aromatic N) is 2. The number of hydrogen-bond acceptors (Lipinski definition) is 3. The van der Waals surface area contributed by atoms with Crippen molar-refractivity contribution in [3.63, 3.8) is 0 Å². The normalized spacial score (nSPS) is 20.9. The van der Waals surface area contributed by atoms with E-state index in [1.807, 2.05) is 24.0 Å². The molecule has 1 heterocycles. The number of ether oxygens (including phenoxy) is 1. The molecule has 3 heteroatoms. The third-order valence-electron chi connectivity index (χ3n) is 1.34. The first-order valence-corrected chi connectivity index (χ1v) is 2.93. The highest BCUT2D eigenvalue weighted by Gasteiger charge is 2.16. The van der Waals surface area contributed by atoms with E-state index in [-0.39, 0.29) is 0 Å². The zero-order valence-corrected chi connectivity index (χ0v) is 5.92. The number of rotatable bonds is 1. The second-order valence-corrected chi connectivity index (χ2v) is 2.25. The summed E-state index contributed by atoms with van der Waals surface area (Å²) >= 11 is 0. The van der Waals surface area contributed by atoms with Crippen LogP contribution in [-0.4, -0.2) is 30.5 Å². The van der Waals surface area contributed by atoms with Crippen LogP contribution in [0.15, 0.2) is 12.3 Å². The molecular weight excluding hydrogens is 116 g/mol. The third-order valence-corrected chi connectivity index (χ3v) is 1.34. The highest BCUT2D eigenvalue weighted by atomic mass is 16.5. The molecule has 0 spiro atoms. The highest BCUT2D eigenvalue weighted by molar-refractivity contribution is 4.85. The van der Waals surface area contributed by atoms with E-state index in [0.29, 0.717) is 13.5 Å². The van der Waals surface area contributed by atoms with Gasteiger partial charge in [-0.25, -0.2) is 0 Å². The van der Waals surface area contributed by atoms with Crippen LogP contribution in [0, 0.1) is 0 Å². The molecule has 3 nitrogen and oxygen atoms in total. The van der Waals surface area contributed by atoms with Crippen molar-refractivity contribution in [3.05, 3.63) is 12.3 Å². The lowest BCUT2D eigenvalue weighted by molar-refractivity contribution is 0.0994. The van der Waals surface area contributed by atoms with Crippen molar-refractivity contribution < 1.29 is 4.74 Å². The molecule has 0 aromatic rings. The lowest BCUT2D eigenvalue weighted by atomic mass is 10.5. The lowest BCUT2D eigenvalue weighted by Crippen LogP contribution is -2.30. The molecular formula is C6H12N2O. The summed E-state index contributed by atoms with van der Waals surface area (Å²) in [7, 11) is 1.97. The van der Waals surface area contributed by atoms with Gasteiger partial charge in [-0.3, -0.25) is 5.01 Å². The molecule has 9 heavy (non-hydrogen) atoms. The minimum Gasteiger partial charge on any atom is -0.343 e. The molecule has 0 aromatic carbocycles. The van der Waals surface area contributed by atoms with E-state index in [1.165, 1.54) is 0 Å². The van der Waals surface area contributed by atoms with Crippen LogP contribution in [0.3, 0.4) is 0 Å². The van der Waals surface area contributed by atoms with E-state index in [0.717, 1.165) is 5.70 Å². The zero-order valence-electron chi connectivity index (χ0n) is 5.92. The van der Waals surface area contributed by atoms with Crippen LogP contribution >= 0.6 is 0 Å². The lowest BCUT2D eigenvalue weighted by Gasteiger charge is -2.22. The van der Waals surface area contributed by atoms with Gasteiger partial charge in [0, 0.05) is 12.7 Å². The molecule has 0 aliphatic carbocycles. The third kappa shape index (κ3) is 1.23. The Hall–Kier alpha value is -0.540. The van der Waals surface area contributed by atoms with Gasteiger partial charge >= 0.3 is 0 Å². The van der Waals surface area contributed by atoms with Crippen LogP contribution in [0.4, 0.5) is 0 Å². The van der Waals surface area contributed by atoms with Gasteiger partial charge in [-0.15, -0.1) is 0 Å². The summed E-state index contributed by atoms with van der Waals surface area (Å²) in [6.07, 6.45) is 0. The Balaban J connectivity index is 2.49. The fraction of sp³-hybridized carbons (Fsp3) is 0.667. The molecule has 0 aromatic heterocycles. The van der Waals surface area contributed by atoms with Crippen LogP contribution in [0.25, 0.3) is 0 Å². The molecule has 1 rings (SSSR count). The van der Waals surface area contributed by atoms with Gasteiger partial charge in [0.1, 0.15) is 13.5 Å². The predicted octanol–water partition coefficient (Wildman–Crippen LogP) is 0.614. The van der Waals surface area contributed by atoms with Crippen LogP contribution in [-0.2, 0) is 4.74 Å². The van der Waals surface area contributed by atoms with Crippen LogP contribution in [0.5, 0.6) is 0 Å². The van der Waals surface area contributed by atoms with Gasteiger partial charge in [0.25, 0.3) is 0 Å². The summed E-state index contributed by atoms with van der Waals surface area (Å²) in [5.41, 5.74) is 1.02. The van der Waals surface area contributed by atoms with Crippen molar-refractivity contribution in [2.75, 3.05) is 20.5 Å². The second-order valence-electron chi connectivity index (χ2n) is 2.25. The van der Waals surface area contributed by atoms with Gasteiger partial charge in [0.2, 0.25) is 0 Å². The minimum atomic E-state index is 0.645. The van der Waals surface area contributed by atoms with Crippen molar-refractivity contribution in [1.82, 2.24) is 10.0 Å². The first-order valence-electron chi connectivity index (χ1n) is 2.93. The molecule has 1 aliphatic rings. The summed E-state index contributed by atoms with van der Waals surface area (Å²) in [5.74, 6) is 0. The maximum absolute atomic E-state index is 5.12. The smallest absolute Gasteiger partial charge is 0.135 e. The molecule has 0 N–H and O–H groups in total. The first-order chi connectivity index (χ1) is 4.22. The van der Waals surface area contributed by atoms with E-state index in [2.05, 4.69) is 6.58 Å². The monoisotopic (exact) mass is 128 g/mol. The van der Waals surface area contributed by atoms with Gasteiger partial charge in [-0.1, -0.05) is 6.58 Å². The number of hydrogen-bond donors (Lipinski definition) is 0. The van der Waals surface area contributed by atoms with Crippen molar-refractivity contribution >= 4 is 0 Å². The largest absolute Gasteiger partial charge is 0.343 e. The maximum Gasteiger partial charge on any atom is 0.135 e. The van der Waals surface area contributed by atoms with Crippen LogP contribution < -0.4 is 0 Å². The van der Waals surface area contributed by atoms with E-state index < -0.39 is 0 Å². The molecule has 0 bridgehead atoms. The molecule has 0 saturated carbocycles. The molecule has 0 amide bonds.